The van der Waals surface area contributed by atoms with E-state index in [1.165, 1.54) is 0 Å². The van der Waals surface area contributed by atoms with Gasteiger partial charge in [0.15, 0.2) is 0 Å². The number of aromatic nitrogens is 2. The number of benzene rings is 12. The summed E-state index contributed by atoms with van der Waals surface area (Å²) in [7, 11) is 13.5. The molecule has 0 unspecified atom stereocenters. The van der Waals surface area contributed by atoms with E-state index in [-0.39, 0.29) is 19.5 Å². The fraction of sp³-hybridized carbons (Fsp3) is 0.0800. The molecule has 3 aliphatic rings. The van der Waals surface area contributed by atoms with Crippen LogP contribution in [0.5, 0.6) is 46.0 Å². The third-order valence-electron chi connectivity index (χ3n) is 20.9. The van der Waals surface area contributed by atoms with E-state index in [0.717, 1.165) is 89.1 Å². The van der Waals surface area contributed by atoms with Gasteiger partial charge in [-0.05, 0) is 115 Å². The number of ether oxygens (including phenoxy) is 8. The van der Waals surface area contributed by atoms with Crippen molar-refractivity contribution in [3.63, 3.8) is 0 Å². The Hall–Kier alpha value is -13.7. The van der Waals surface area contributed by atoms with Crippen LogP contribution in [-0.4, -0.2) is 68.3 Å². The van der Waals surface area contributed by atoms with Gasteiger partial charge in [0.2, 0.25) is 0 Å². The van der Waals surface area contributed by atoms with E-state index in [0.29, 0.717) is 135 Å². The van der Waals surface area contributed by atoms with E-state index in [4.69, 9.17) is 57.8 Å². The number of hydrogen-bond donors (Lipinski definition) is 0. The maximum atomic E-state index is 6.78. The Morgan fingerprint density at radius 3 is 0.619 bits per heavy atom. The number of hydrogen-bond acceptors (Lipinski definition) is 10. The summed E-state index contributed by atoms with van der Waals surface area (Å²) in [6, 6.07) is 107. The van der Waals surface area contributed by atoms with Crippen molar-refractivity contribution in [2.75, 3.05) is 56.9 Å². The first kappa shape index (κ1) is 73.4. The topological polar surface area (TPSA) is 127 Å². The van der Waals surface area contributed by atoms with Crippen molar-refractivity contribution in [1.82, 2.24) is 9.97 Å². The summed E-state index contributed by atoms with van der Waals surface area (Å²) in [5.41, 5.74) is 20.4. The van der Waals surface area contributed by atoms with Crippen molar-refractivity contribution in [2.45, 2.75) is 0 Å². The molecule has 12 aromatic carbocycles. The number of aliphatic imine (C=N–C) groups is 2. The first-order valence-corrected chi connectivity index (χ1v) is 36.9. The van der Waals surface area contributed by atoms with E-state index >= 15 is 0 Å². The van der Waals surface area contributed by atoms with Crippen LogP contribution in [0.1, 0.15) is 55.9 Å². The largest absolute Gasteiger partial charge is 2.00 e. The maximum Gasteiger partial charge on any atom is 2.00 e. The van der Waals surface area contributed by atoms with E-state index in [1.54, 1.807) is 56.9 Å². The molecule has 0 radical (unpaired) electrons. The second kappa shape index (κ2) is 32.1. The average molecular weight is 1530 g/mol. The molecule has 14 aromatic rings. The van der Waals surface area contributed by atoms with Crippen LogP contribution < -0.4 is 58.6 Å². The molecule has 2 aromatic heterocycles. The molecule has 0 saturated heterocycles. The predicted molar refractivity (Wildman–Crippen MR) is 450 cm³/mol. The van der Waals surface area contributed by atoms with Crippen LogP contribution >= 0.6 is 0 Å². The SMILES string of the molecule is COc1cccc(OC)c1C1=C2N=C(C(c3ccccc3)=C2c2ccccc2)C(c2c(OC)cccc2OC)=c2[n-]c(c(-c3ccccc3)c2-c2ccccc2)=C(c2c(OC)cccc2OC)C2=NC(=C(c3c(OC)cccc3OC)c3[n-]c1c(-c1ccccc1)c3-c1ccccc1)C(c1ccccc1)=C2c1ccccc1.[Zn+2]. The molecule has 113 heavy (non-hydrogen) atoms. The summed E-state index contributed by atoms with van der Waals surface area (Å²) in [5.74, 6) is 3.90. The minimum atomic E-state index is 0. The number of allylic oxidation sites excluding steroid dienone is 4. The van der Waals surface area contributed by atoms with Crippen molar-refractivity contribution < 1.29 is 57.4 Å². The zero-order valence-corrected chi connectivity index (χ0v) is 66.8. The van der Waals surface area contributed by atoms with Gasteiger partial charge in [-0.25, -0.2) is 9.98 Å². The van der Waals surface area contributed by atoms with Crippen molar-refractivity contribution in [3.05, 3.63) is 393 Å². The van der Waals surface area contributed by atoms with Crippen LogP contribution in [0, 0.1) is 0 Å². The van der Waals surface area contributed by atoms with Gasteiger partial charge in [-0.2, -0.15) is 0 Å². The molecule has 13 heteroatoms. The molecule has 1 aliphatic carbocycles. The summed E-state index contributed by atoms with van der Waals surface area (Å²) in [6.07, 6.45) is 0. The van der Waals surface area contributed by atoms with Crippen LogP contribution in [-0.2, 0) is 19.5 Å². The average Bonchev–Trinajstić information content (AvgIpc) is 1.54. The van der Waals surface area contributed by atoms with E-state index in [9.17, 15) is 0 Å². The van der Waals surface area contributed by atoms with Crippen molar-refractivity contribution in [2.24, 2.45) is 9.98 Å². The molecule has 0 fully saturated rings. The number of rotatable bonds is 20. The van der Waals surface area contributed by atoms with Gasteiger partial charge in [0.1, 0.15) is 46.0 Å². The standard InChI is InChI=1S/C100H76N4O8.Zn/c1-105-69-53-33-54-70(106-2)85(69)89-93-77(61-37-17-9-18-38-61)79(63-41-21-11-22-42-63)95(101-93)90(86-71(107-3)55-34-56-72(86)108-4)97-81(65-45-25-13-26-46-65)83(67-49-29-15-30-50-67)99(103-97)92(88-75(111-7)59-36-60-76(88)112-8)100-84(68-51-31-16-32-52-68)82(66-47-27-14-28-48-66)98(104-100)91(87-73(109-5)57-35-58-74(87)110-6)96-80(64-43-23-12-24-44-64)78(94(89)102-96)62-39-19-10-20-40-62;/h9-60H,1-8H3;/q-2;+2. The normalized spacial score (nSPS) is 13.2. The van der Waals surface area contributed by atoms with Gasteiger partial charge in [0.05, 0.1) is 102 Å². The monoisotopic (exact) mass is 1520 g/mol. The first-order valence-electron chi connectivity index (χ1n) is 36.9. The second-order valence-electron chi connectivity index (χ2n) is 26.8. The predicted octanol–water partition coefficient (Wildman–Crippen LogP) is 20.1. The van der Waals surface area contributed by atoms with Gasteiger partial charge >= 0.3 is 19.5 Å². The quantitative estimate of drug-likeness (QED) is 0.0681. The first-order chi connectivity index (χ1) is 55.3. The molecule has 4 heterocycles. The van der Waals surface area contributed by atoms with E-state index in [1.807, 2.05) is 121 Å². The Balaban J connectivity index is 0.00000964. The van der Waals surface area contributed by atoms with E-state index < -0.39 is 0 Å². The molecule has 0 amide bonds. The number of fused-ring (bicyclic) bond motifs is 10. The summed E-state index contributed by atoms with van der Waals surface area (Å²) in [4.78, 5) is 26.2. The molecule has 546 valence electrons. The number of methoxy groups -OCH3 is 8. The van der Waals surface area contributed by atoms with Crippen LogP contribution in [0.25, 0.3) is 89.1 Å². The van der Waals surface area contributed by atoms with Crippen molar-refractivity contribution >= 4 is 56.0 Å². The smallest absolute Gasteiger partial charge is 0.656 e. The van der Waals surface area contributed by atoms with Crippen LogP contribution in [0.15, 0.2) is 337 Å². The van der Waals surface area contributed by atoms with Gasteiger partial charge in [-0.15, -0.1) is 22.1 Å². The summed E-state index contributed by atoms with van der Waals surface area (Å²) in [6.45, 7) is 0. The Bertz CT molecular complexity index is 5820. The molecule has 0 saturated carbocycles. The number of nitrogens with zero attached hydrogens (tertiary/aromatic N) is 4. The molecule has 17 rings (SSSR count). The van der Waals surface area contributed by atoms with Crippen molar-refractivity contribution in [1.29, 1.82) is 0 Å². The minimum absolute atomic E-state index is 0. The fourth-order valence-corrected chi connectivity index (χ4v) is 16.2. The molecular formula is C100H76N4O8Zn. The van der Waals surface area contributed by atoms with Crippen molar-refractivity contribution in [3.8, 4) is 90.5 Å². The van der Waals surface area contributed by atoms with Crippen LogP contribution in [0.3, 0.4) is 0 Å². The summed E-state index contributed by atoms with van der Waals surface area (Å²) in [5, 5.41) is 1.04. The molecule has 0 N–H and O–H groups in total. The van der Waals surface area contributed by atoms with Gasteiger partial charge < -0.3 is 47.9 Å². The molecule has 2 aliphatic heterocycles. The molecular weight excluding hydrogens is 1450 g/mol. The Kier molecular flexibility index (Phi) is 20.8. The Labute approximate surface area is 669 Å². The molecule has 8 bridgehead atoms. The zero-order chi connectivity index (χ0) is 76.3. The maximum absolute atomic E-state index is 6.78. The van der Waals surface area contributed by atoms with Gasteiger partial charge in [0.25, 0.3) is 0 Å². The minimum Gasteiger partial charge on any atom is -0.656 e. The Morgan fingerprint density at radius 1 is 0.186 bits per heavy atom. The van der Waals surface area contributed by atoms with E-state index in [2.05, 4.69) is 194 Å². The Morgan fingerprint density at radius 2 is 0.389 bits per heavy atom. The van der Waals surface area contributed by atoms with Gasteiger partial charge in [-0.1, -0.05) is 267 Å². The van der Waals surface area contributed by atoms with Crippen LogP contribution in [0.2, 0.25) is 0 Å². The third kappa shape index (κ3) is 12.8. The van der Waals surface area contributed by atoms with Gasteiger partial charge in [0, 0.05) is 44.6 Å². The second-order valence-corrected chi connectivity index (χ2v) is 26.8. The van der Waals surface area contributed by atoms with Crippen LogP contribution in [0.4, 0.5) is 0 Å². The third-order valence-corrected chi connectivity index (χ3v) is 20.9. The molecule has 0 spiro atoms. The summed E-state index contributed by atoms with van der Waals surface area (Å²) < 4.78 is 54.3. The van der Waals surface area contributed by atoms with Gasteiger partial charge in [-0.3, -0.25) is 0 Å². The fourth-order valence-electron chi connectivity index (χ4n) is 16.2. The zero-order valence-electron chi connectivity index (χ0n) is 63.8. The summed E-state index contributed by atoms with van der Waals surface area (Å²) >= 11 is 0. The molecule has 0 atom stereocenters. The molecule has 12 nitrogen and oxygen atoms in total.